The van der Waals surface area contributed by atoms with E-state index < -0.39 is 0 Å². The average molecular weight is 669 g/mol. The van der Waals surface area contributed by atoms with Crippen LogP contribution in [0.4, 0.5) is 0 Å². The molecule has 6 aromatic carbocycles. The Kier molecular flexibility index (Phi) is 5.70. The molecule has 3 aromatic heterocycles. The molecule has 1 aliphatic heterocycles. The standard InChI is InChI=1S/C48H32N2O2/c1-5-13-41-33(9-1)37-25-29(17-21-43(37)49(41)31-19-23-47-39(27-31)35-11-3-7-15-45(35)51-47)30-18-22-44-38(26-30)34-10-2-6-14-42(34)50(44)32-20-24-48-40(28-32)36-12-4-8-16-46(36)52-48/h1-19,21-23,25-28,36,46H,20,24H2. The molecule has 2 atom stereocenters. The van der Waals surface area contributed by atoms with Crippen LogP contribution in [0.5, 0.6) is 0 Å². The van der Waals surface area contributed by atoms with Gasteiger partial charge in [-0.25, -0.2) is 0 Å². The van der Waals surface area contributed by atoms with Gasteiger partial charge >= 0.3 is 0 Å². The zero-order valence-electron chi connectivity index (χ0n) is 28.3. The SMILES string of the molecule is C1=CC2OC3=C(C=C(n4c5ccccc5c5cc(-c6ccc7c(c6)c6ccccc6n7-c6ccc7oc8ccccc8c7c6)ccc54)CC3)C2C=C1. The van der Waals surface area contributed by atoms with Crippen molar-refractivity contribution in [1.82, 2.24) is 9.13 Å². The van der Waals surface area contributed by atoms with Crippen molar-refractivity contribution in [2.45, 2.75) is 18.9 Å². The van der Waals surface area contributed by atoms with Gasteiger partial charge in [0.1, 0.15) is 23.0 Å². The molecule has 4 heterocycles. The van der Waals surface area contributed by atoms with Crippen LogP contribution in [0.15, 0.2) is 174 Å². The van der Waals surface area contributed by atoms with Gasteiger partial charge in [-0.2, -0.15) is 0 Å². The van der Waals surface area contributed by atoms with Crippen molar-refractivity contribution in [3.63, 3.8) is 0 Å². The van der Waals surface area contributed by atoms with E-state index in [0.29, 0.717) is 5.92 Å². The fourth-order valence-electron chi connectivity index (χ4n) is 9.19. The number of furan rings is 1. The van der Waals surface area contributed by atoms with Crippen LogP contribution in [-0.2, 0) is 4.74 Å². The minimum Gasteiger partial charge on any atom is -0.489 e. The lowest BCUT2D eigenvalue weighted by atomic mass is 9.88. The second-order valence-electron chi connectivity index (χ2n) is 14.3. The number of nitrogens with zero attached hydrogens (tertiary/aromatic N) is 2. The number of hydrogen-bond acceptors (Lipinski definition) is 2. The van der Waals surface area contributed by atoms with Crippen molar-refractivity contribution < 1.29 is 9.15 Å². The molecule has 4 heteroatoms. The number of rotatable bonds is 3. The van der Waals surface area contributed by atoms with Gasteiger partial charge in [0.05, 0.1) is 22.1 Å². The minimum absolute atomic E-state index is 0.123. The lowest BCUT2D eigenvalue weighted by molar-refractivity contribution is 0.158. The van der Waals surface area contributed by atoms with E-state index in [-0.39, 0.29) is 6.10 Å². The van der Waals surface area contributed by atoms with Crippen LogP contribution >= 0.6 is 0 Å². The van der Waals surface area contributed by atoms with Gasteiger partial charge < -0.3 is 18.3 Å². The first-order valence-corrected chi connectivity index (χ1v) is 18.2. The summed E-state index contributed by atoms with van der Waals surface area (Å²) < 4.78 is 17.4. The van der Waals surface area contributed by atoms with Crippen LogP contribution < -0.4 is 0 Å². The maximum absolute atomic E-state index is 6.37. The highest BCUT2D eigenvalue weighted by molar-refractivity contribution is 6.13. The highest BCUT2D eigenvalue weighted by Crippen LogP contribution is 2.45. The van der Waals surface area contributed by atoms with Crippen LogP contribution in [-0.4, -0.2) is 15.2 Å². The fraction of sp³-hybridized carbons (Fsp3) is 0.0833. The molecule has 0 radical (unpaired) electrons. The zero-order valence-corrected chi connectivity index (χ0v) is 28.3. The van der Waals surface area contributed by atoms with E-state index in [4.69, 9.17) is 9.15 Å². The molecule has 2 aliphatic carbocycles. The molecule has 9 aromatic rings. The van der Waals surface area contributed by atoms with Crippen molar-refractivity contribution in [1.29, 1.82) is 0 Å². The smallest absolute Gasteiger partial charge is 0.135 e. The minimum atomic E-state index is 0.123. The van der Waals surface area contributed by atoms with Gasteiger partial charge in [-0.05, 0) is 90.4 Å². The van der Waals surface area contributed by atoms with E-state index in [1.807, 2.05) is 12.1 Å². The van der Waals surface area contributed by atoms with Gasteiger partial charge in [-0.3, -0.25) is 0 Å². The molecule has 2 unspecified atom stereocenters. The summed E-state index contributed by atoms with van der Waals surface area (Å²) in [6.07, 6.45) is 13.2. The highest BCUT2D eigenvalue weighted by Gasteiger charge is 2.35. The quantitative estimate of drug-likeness (QED) is 0.188. The lowest BCUT2D eigenvalue weighted by Crippen LogP contribution is -2.15. The third-order valence-electron chi connectivity index (χ3n) is 11.6. The van der Waals surface area contributed by atoms with E-state index in [0.717, 1.165) is 46.2 Å². The predicted octanol–water partition coefficient (Wildman–Crippen LogP) is 12.5. The predicted molar refractivity (Wildman–Crippen MR) is 214 cm³/mol. The Morgan fingerprint density at radius 3 is 1.92 bits per heavy atom. The summed E-state index contributed by atoms with van der Waals surface area (Å²) in [5.41, 5.74) is 12.9. The van der Waals surface area contributed by atoms with E-state index in [1.165, 1.54) is 66.0 Å². The van der Waals surface area contributed by atoms with Crippen molar-refractivity contribution >= 4 is 71.2 Å². The zero-order chi connectivity index (χ0) is 33.9. The molecule has 0 N–H and O–H groups in total. The Hall–Kier alpha value is -6.52. The molecule has 0 saturated heterocycles. The second-order valence-corrected chi connectivity index (χ2v) is 14.3. The highest BCUT2D eigenvalue weighted by atomic mass is 16.5. The van der Waals surface area contributed by atoms with Crippen LogP contribution in [0.25, 0.3) is 88.1 Å². The van der Waals surface area contributed by atoms with Crippen molar-refractivity contribution in [3.8, 4) is 16.8 Å². The van der Waals surface area contributed by atoms with Gasteiger partial charge in [0.15, 0.2) is 0 Å². The number of ether oxygens (including phenoxy) is 1. The lowest BCUT2D eigenvalue weighted by Gasteiger charge is -2.19. The second kappa shape index (κ2) is 10.5. The first-order valence-electron chi connectivity index (χ1n) is 18.2. The number of aromatic nitrogens is 2. The summed E-state index contributed by atoms with van der Waals surface area (Å²) in [5.74, 6) is 1.45. The van der Waals surface area contributed by atoms with Gasteiger partial charge in [0.25, 0.3) is 0 Å². The molecule has 3 aliphatic rings. The van der Waals surface area contributed by atoms with Crippen molar-refractivity contribution in [2.24, 2.45) is 5.92 Å². The Morgan fingerprint density at radius 2 is 1.13 bits per heavy atom. The van der Waals surface area contributed by atoms with E-state index in [1.54, 1.807) is 0 Å². The molecule has 0 fully saturated rings. The van der Waals surface area contributed by atoms with Crippen molar-refractivity contribution in [3.05, 3.63) is 169 Å². The van der Waals surface area contributed by atoms with Crippen LogP contribution in [0.2, 0.25) is 0 Å². The van der Waals surface area contributed by atoms with E-state index in [9.17, 15) is 0 Å². The summed E-state index contributed by atoms with van der Waals surface area (Å²) in [4.78, 5) is 0. The summed E-state index contributed by atoms with van der Waals surface area (Å²) in [5, 5.41) is 7.31. The Bertz CT molecular complexity index is 3120. The molecule has 0 saturated carbocycles. The van der Waals surface area contributed by atoms with E-state index in [2.05, 4.69) is 155 Å². The molecule has 12 rings (SSSR count). The monoisotopic (exact) mass is 668 g/mol. The summed E-state index contributed by atoms with van der Waals surface area (Å²) in [7, 11) is 0. The number of fused-ring (bicyclic) bond motifs is 11. The first-order chi connectivity index (χ1) is 25.8. The molecule has 0 amide bonds. The number of para-hydroxylation sites is 3. The van der Waals surface area contributed by atoms with Gasteiger partial charge in [0, 0.05) is 61.6 Å². The van der Waals surface area contributed by atoms with E-state index >= 15 is 0 Å². The maximum Gasteiger partial charge on any atom is 0.135 e. The number of allylic oxidation sites excluding steroid dienone is 5. The molecule has 0 spiro atoms. The summed E-state index contributed by atoms with van der Waals surface area (Å²) >= 11 is 0. The topological polar surface area (TPSA) is 32.2 Å². The Balaban J connectivity index is 1.00. The molecular formula is C48H32N2O2. The summed E-state index contributed by atoms with van der Waals surface area (Å²) in [6, 6.07) is 46.4. The third-order valence-corrected chi connectivity index (χ3v) is 11.6. The average Bonchev–Trinajstić information content (AvgIpc) is 3.94. The molecular weight excluding hydrogens is 637 g/mol. The van der Waals surface area contributed by atoms with Crippen LogP contribution in [0, 0.1) is 5.92 Å². The normalized spacial score (nSPS) is 18.3. The van der Waals surface area contributed by atoms with Crippen molar-refractivity contribution in [2.75, 3.05) is 0 Å². The van der Waals surface area contributed by atoms with Gasteiger partial charge in [0.2, 0.25) is 0 Å². The number of hydrogen-bond donors (Lipinski definition) is 0. The Morgan fingerprint density at radius 1 is 0.500 bits per heavy atom. The number of benzene rings is 6. The first kappa shape index (κ1) is 28.2. The third kappa shape index (κ3) is 3.92. The van der Waals surface area contributed by atoms with Crippen LogP contribution in [0.1, 0.15) is 12.8 Å². The maximum atomic E-state index is 6.37. The molecule has 0 bridgehead atoms. The van der Waals surface area contributed by atoms with Crippen LogP contribution in [0.3, 0.4) is 0 Å². The largest absolute Gasteiger partial charge is 0.489 e. The molecule has 246 valence electrons. The molecule has 52 heavy (non-hydrogen) atoms. The van der Waals surface area contributed by atoms with Gasteiger partial charge in [-0.15, -0.1) is 0 Å². The molecule has 4 nitrogen and oxygen atoms in total. The van der Waals surface area contributed by atoms with Gasteiger partial charge in [-0.1, -0.05) is 85.0 Å². The Labute approximate surface area is 299 Å². The summed E-state index contributed by atoms with van der Waals surface area (Å²) in [6.45, 7) is 0. The fourth-order valence-corrected chi connectivity index (χ4v) is 9.19.